The van der Waals surface area contributed by atoms with Crippen molar-refractivity contribution in [2.24, 2.45) is 4.91 Å². The molecule has 0 spiro atoms. The first-order valence-corrected chi connectivity index (χ1v) is 2.30. The molecule has 0 aromatic heterocycles. The Labute approximate surface area is 36.0 Å². The van der Waals surface area contributed by atoms with Gasteiger partial charge in [-0.3, -0.25) is 0 Å². The molecule has 0 aliphatic carbocycles. The molecule has 0 aliphatic heterocycles. The maximum absolute atomic E-state index is 9.69. The van der Waals surface area contributed by atoms with E-state index < -0.39 is 8.17 Å². The minimum Gasteiger partial charge on any atom is -0.582 e. The van der Waals surface area contributed by atoms with Gasteiger partial charge in [0.1, 0.15) is 0 Å². The molecule has 0 aromatic carbocycles. The smallest absolute Gasteiger partial charge is 0.374 e. The lowest BCUT2D eigenvalue weighted by Gasteiger charge is -1.78. The van der Waals surface area contributed by atoms with Crippen LogP contribution in [0.1, 0.15) is 0 Å². The zero-order valence-electron chi connectivity index (χ0n) is 3.16. The molecule has 0 saturated heterocycles. The first-order chi connectivity index (χ1) is 2.81. The van der Waals surface area contributed by atoms with Crippen molar-refractivity contribution in [3.8, 4) is 0 Å². The van der Waals surface area contributed by atoms with Crippen LogP contribution < -0.4 is 4.89 Å². The van der Waals surface area contributed by atoms with Crippen molar-refractivity contribution in [3.05, 3.63) is 0 Å². The molecular formula is CH4NO3P. The maximum Gasteiger partial charge on any atom is 0.374 e. The summed E-state index contributed by atoms with van der Waals surface area (Å²) in [6.07, 6.45) is 0. The topological polar surface area (TPSA) is 64.9 Å². The summed E-state index contributed by atoms with van der Waals surface area (Å²) < 4.78 is 3.99. The summed E-state index contributed by atoms with van der Waals surface area (Å²) in [4.78, 5) is 12.0. The zero-order valence-corrected chi connectivity index (χ0v) is 4.05. The Bertz CT molecular complexity index is 61.8. The molecule has 1 N–H and O–H groups in total. The SMILES string of the molecule is CO[P+]([O-])=NO. The summed E-state index contributed by atoms with van der Waals surface area (Å²) in [6.45, 7) is 0. The van der Waals surface area contributed by atoms with Crippen LogP contribution >= 0.6 is 8.17 Å². The Morgan fingerprint density at radius 2 is 2.50 bits per heavy atom. The summed E-state index contributed by atoms with van der Waals surface area (Å²) >= 11 is 0. The molecule has 0 bridgehead atoms. The van der Waals surface area contributed by atoms with Crippen LogP contribution in [0.5, 0.6) is 0 Å². The summed E-state index contributed by atoms with van der Waals surface area (Å²) in [7, 11) is -0.953. The molecule has 0 aromatic rings. The van der Waals surface area contributed by atoms with Crippen LogP contribution in [0.25, 0.3) is 0 Å². The summed E-state index contributed by atoms with van der Waals surface area (Å²) in [5.41, 5.74) is 0. The standard InChI is InChI=1S/CH4NO3P/c1-5-6(4)2-3/h3H,1H3. The molecule has 0 rings (SSSR count). The molecule has 4 nitrogen and oxygen atoms in total. The van der Waals surface area contributed by atoms with Crippen LogP contribution in [0.3, 0.4) is 0 Å². The van der Waals surface area contributed by atoms with Gasteiger partial charge >= 0.3 is 8.17 Å². The van der Waals surface area contributed by atoms with Crippen LogP contribution in [0.15, 0.2) is 4.91 Å². The largest absolute Gasteiger partial charge is 0.582 e. The molecular weight excluding hydrogens is 105 g/mol. The van der Waals surface area contributed by atoms with Crippen molar-refractivity contribution in [2.45, 2.75) is 0 Å². The summed E-state index contributed by atoms with van der Waals surface area (Å²) in [6, 6.07) is 0. The molecule has 6 heavy (non-hydrogen) atoms. The van der Waals surface area contributed by atoms with Gasteiger partial charge in [-0.2, -0.15) is 4.52 Å². The van der Waals surface area contributed by atoms with Gasteiger partial charge in [-0.1, -0.05) is 0 Å². The second-order valence-corrected chi connectivity index (χ2v) is 1.53. The van der Waals surface area contributed by atoms with E-state index >= 15 is 0 Å². The predicted octanol–water partition coefficient (Wildman–Crippen LogP) is -0.122. The van der Waals surface area contributed by atoms with Gasteiger partial charge in [-0.05, 0) is 0 Å². The van der Waals surface area contributed by atoms with Crippen molar-refractivity contribution in [2.75, 3.05) is 7.11 Å². The van der Waals surface area contributed by atoms with Crippen molar-refractivity contribution >= 4 is 8.17 Å². The number of nitrogens with zero attached hydrogens (tertiary/aromatic N) is 1. The Hall–Kier alpha value is -0.0200. The molecule has 1 unspecified atom stereocenters. The molecule has 5 heteroatoms. The summed E-state index contributed by atoms with van der Waals surface area (Å²) in [5.74, 6) is 0. The van der Waals surface area contributed by atoms with Gasteiger partial charge < -0.3 is 4.89 Å². The van der Waals surface area contributed by atoms with Gasteiger partial charge in [0.05, 0.1) is 12.0 Å². The van der Waals surface area contributed by atoms with Crippen LogP contribution in [-0.2, 0) is 4.52 Å². The van der Waals surface area contributed by atoms with Crippen molar-refractivity contribution in [3.63, 3.8) is 0 Å². The molecule has 0 radical (unpaired) electrons. The van der Waals surface area contributed by atoms with Gasteiger partial charge in [0, 0.05) is 0 Å². The Kier molecular flexibility index (Phi) is 3.17. The van der Waals surface area contributed by atoms with E-state index in [1.807, 2.05) is 0 Å². The molecule has 0 saturated carbocycles. The third-order valence-electron chi connectivity index (χ3n) is 0.229. The zero-order chi connectivity index (χ0) is 4.99. The maximum atomic E-state index is 9.69. The lowest BCUT2D eigenvalue weighted by molar-refractivity contribution is -0.175. The third-order valence-corrected chi connectivity index (χ3v) is 0.688. The number of hydrogen-bond donors (Lipinski definition) is 1. The highest BCUT2D eigenvalue weighted by atomic mass is 31.1. The van der Waals surface area contributed by atoms with Crippen LogP contribution in [0, 0.1) is 0 Å². The highest BCUT2D eigenvalue weighted by molar-refractivity contribution is 7.33. The fraction of sp³-hybridized carbons (Fsp3) is 1.00. The van der Waals surface area contributed by atoms with Crippen molar-refractivity contribution in [1.29, 1.82) is 0 Å². The fourth-order valence-electron chi connectivity index (χ4n) is 0.0365. The van der Waals surface area contributed by atoms with Crippen molar-refractivity contribution < 1.29 is 14.6 Å². The van der Waals surface area contributed by atoms with Gasteiger partial charge in [-0.15, -0.1) is 0 Å². The molecule has 0 heterocycles. The van der Waals surface area contributed by atoms with E-state index in [4.69, 9.17) is 5.21 Å². The van der Waals surface area contributed by atoms with Gasteiger partial charge in [0.15, 0.2) is 0 Å². The van der Waals surface area contributed by atoms with Crippen LogP contribution in [0.2, 0.25) is 0 Å². The minimum absolute atomic E-state index is 1.19. The molecule has 0 fully saturated rings. The lowest BCUT2D eigenvalue weighted by Crippen LogP contribution is -1.85. The Morgan fingerprint density at radius 3 is 2.50 bits per heavy atom. The fourth-order valence-corrected chi connectivity index (χ4v) is 0.110. The average Bonchev–Trinajstić information content (AvgIpc) is 1.65. The minimum atomic E-state index is -2.15. The van der Waals surface area contributed by atoms with E-state index in [1.165, 1.54) is 7.11 Å². The Balaban J connectivity index is 3.22. The van der Waals surface area contributed by atoms with Gasteiger partial charge in [0.2, 0.25) is 0 Å². The third kappa shape index (κ3) is 2.23. The normalized spacial score (nSPS) is 12.2. The van der Waals surface area contributed by atoms with Crippen molar-refractivity contribution in [1.82, 2.24) is 0 Å². The van der Waals surface area contributed by atoms with Gasteiger partial charge in [-0.25, -0.2) is 5.21 Å². The average molecular weight is 109 g/mol. The second kappa shape index (κ2) is 3.18. The molecule has 1 atom stereocenters. The van der Waals surface area contributed by atoms with Gasteiger partial charge in [0.25, 0.3) is 0 Å². The molecule has 0 aliphatic rings. The predicted molar refractivity (Wildman–Crippen MR) is 18.1 cm³/mol. The van der Waals surface area contributed by atoms with Crippen LogP contribution in [-0.4, -0.2) is 12.3 Å². The number of hydrogen-bond acceptors (Lipinski definition) is 3. The van der Waals surface area contributed by atoms with Crippen LogP contribution in [0.4, 0.5) is 0 Å². The van der Waals surface area contributed by atoms with E-state index in [1.54, 1.807) is 0 Å². The van der Waals surface area contributed by atoms with E-state index in [0.29, 0.717) is 0 Å². The molecule has 36 valence electrons. The first kappa shape index (κ1) is 5.98. The monoisotopic (exact) mass is 109 g/mol. The van der Waals surface area contributed by atoms with E-state index in [-0.39, 0.29) is 0 Å². The Morgan fingerprint density at radius 1 is 2.00 bits per heavy atom. The quantitative estimate of drug-likeness (QED) is 0.377. The first-order valence-electron chi connectivity index (χ1n) is 1.17. The highest BCUT2D eigenvalue weighted by Gasteiger charge is 1.86. The van der Waals surface area contributed by atoms with E-state index in [9.17, 15) is 4.89 Å². The number of rotatable bonds is 1. The lowest BCUT2D eigenvalue weighted by atomic mass is 11.8. The second-order valence-electron chi connectivity index (χ2n) is 0.510. The van der Waals surface area contributed by atoms with E-state index in [0.717, 1.165) is 0 Å². The summed E-state index contributed by atoms with van der Waals surface area (Å²) in [5, 5.41) is 7.55. The highest BCUT2D eigenvalue weighted by Crippen LogP contribution is 2.09. The molecule has 0 amide bonds. The van der Waals surface area contributed by atoms with E-state index in [2.05, 4.69) is 9.43 Å².